The molecule has 0 saturated heterocycles. The molecule has 10 heteroatoms. The lowest BCUT2D eigenvalue weighted by atomic mass is 10.2. The summed E-state index contributed by atoms with van der Waals surface area (Å²) < 4.78 is 25.0. The van der Waals surface area contributed by atoms with Gasteiger partial charge in [0.2, 0.25) is 5.78 Å². The zero-order chi connectivity index (χ0) is 18.9. The topological polar surface area (TPSA) is 135 Å². The lowest BCUT2D eigenvalue weighted by Crippen LogP contribution is -2.17. The summed E-state index contributed by atoms with van der Waals surface area (Å²) in [7, 11) is 0. The maximum Gasteiger partial charge on any atom is 0.372 e. The van der Waals surface area contributed by atoms with E-state index in [1.165, 1.54) is 6.92 Å². The second-order valence-electron chi connectivity index (χ2n) is 4.63. The van der Waals surface area contributed by atoms with E-state index in [4.69, 9.17) is 24.1 Å². The third kappa shape index (κ3) is 16.6. The molecule has 0 unspecified atom stereocenters. The predicted octanol–water partition coefficient (Wildman–Crippen LogP) is -0.424. The minimum atomic E-state index is -1.56. The van der Waals surface area contributed by atoms with Gasteiger partial charge in [-0.3, -0.25) is 14.4 Å². The summed E-state index contributed by atoms with van der Waals surface area (Å²) in [5.41, 5.74) is 0. The van der Waals surface area contributed by atoms with Gasteiger partial charge in [-0.15, -0.1) is 0 Å². The number of carboxylic acid groups (broad SMARTS) is 1. The van der Waals surface area contributed by atoms with Gasteiger partial charge in [0.1, 0.15) is 13.2 Å². The average molecular weight is 364 g/mol. The van der Waals surface area contributed by atoms with Crippen molar-refractivity contribution in [2.75, 3.05) is 52.9 Å². The fraction of sp³-hybridized carbons (Fsp3) is 0.733. The van der Waals surface area contributed by atoms with Gasteiger partial charge in [0.25, 0.3) is 0 Å². The number of carboxylic acids is 1. The zero-order valence-electron chi connectivity index (χ0n) is 14.2. The molecule has 144 valence electrons. The van der Waals surface area contributed by atoms with Crippen molar-refractivity contribution in [3.05, 3.63) is 0 Å². The number of carbonyl (C=O) groups excluding carboxylic acids is 3. The quantitative estimate of drug-likeness (QED) is 0.218. The fourth-order valence-electron chi connectivity index (χ4n) is 1.40. The Hall–Kier alpha value is -2.04. The van der Waals surface area contributed by atoms with Crippen LogP contribution in [-0.4, -0.2) is 81.7 Å². The number of carbonyl (C=O) groups is 4. The van der Waals surface area contributed by atoms with Crippen molar-refractivity contribution in [2.24, 2.45) is 0 Å². The molecule has 0 aliphatic heterocycles. The van der Waals surface area contributed by atoms with E-state index >= 15 is 0 Å². The SMILES string of the molecule is CC(=O)OCCOCCOCCOCCOC(=O)CCC(=O)C(=O)O. The Morgan fingerprint density at radius 2 is 1.12 bits per heavy atom. The Morgan fingerprint density at radius 3 is 1.56 bits per heavy atom. The normalized spacial score (nSPS) is 10.3. The lowest BCUT2D eigenvalue weighted by molar-refractivity contribution is -0.151. The monoisotopic (exact) mass is 364 g/mol. The number of hydrogen-bond acceptors (Lipinski definition) is 9. The van der Waals surface area contributed by atoms with E-state index in [1.807, 2.05) is 0 Å². The van der Waals surface area contributed by atoms with Crippen LogP contribution in [0.3, 0.4) is 0 Å². The molecule has 0 aromatic carbocycles. The molecule has 0 aliphatic carbocycles. The summed E-state index contributed by atoms with van der Waals surface area (Å²) in [5, 5.41) is 8.34. The number of ether oxygens (including phenoxy) is 5. The second-order valence-corrected chi connectivity index (χ2v) is 4.63. The molecule has 1 N–H and O–H groups in total. The van der Waals surface area contributed by atoms with Gasteiger partial charge in [0.15, 0.2) is 0 Å². The van der Waals surface area contributed by atoms with Gasteiger partial charge < -0.3 is 28.8 Å². The highest BCUT2D eigenvalue weighted by Crippen LogP contribution is 1.95. The van der Waals surface area contributed by atoms with E-state index in [-0.39, 0.29) is 38.6 Å². The summed E-state index contributed by atoms with van der Waals surface area (Å²) in [5.74, 6) is -3.59. The molecular weight excluding hydrogens is 340 g/mol. The minimum absolute atomic E-state index is 0.0132. The van der Waals surface area contributed by atoms with Crippen LogP contribution < -0.4 is 0 Å². The molecule has 0 atom stereocenters. The highest BCUT2D eigenvalue weighted by atomic mass is 16.6. The van der Waals surface area contributed by atoms with Crippen LogP contribution in [0.2, 0.25) is 0 Å². The highest BCUT2D eigenvalue weighted by Gasteiger charge is 2.13. The Kier molecular flexibility index (Phi) is 14.2. The third-order valence-electron chi connectivity index (χ3n) is 2.56. The largest absolute Gasteiger partial charge is 0.476 e. The molecule has 0 heterocycles. The molecule has 0 amide bonds. The zero-order valence-corrected chi connectivity index (χ0v) is 14.2. The summed E-state index contributed by atoms with van der Waals surface area (Å²) in [4.78, 5) is 42.7. The number of Topliss-reactive ketones (excluding diaryl/α,β-unsaturated/α-hetero) is 1. The third-order valence-corrected chi connectivity index (χ3v) is 2.56. The maximum absolute atomic E-state index is 11.2. The van der Waals surface area contributed by atoms with Gasteiger partial charge in [-0.2, -0.15) is 0 Å². The first-order chi connectivity index (χ1) is 11.9. The molecule has 0 radical (unpaired) electrons. The number of hydrogen-bond donors (Lipinski definition) is 1. The van der Waals surface area contributed by atoms with Gasteiger partial charge in [-0.1, -0.05) is 0 Å². The molecule has 10 nitrogen and oxygen atoms in total. The van der Waals surface area contributed by atoms with Crippen molar-refractivity contribution in [3.8, 4) is 0 Å². The van der Waals surface area contributed by atoms with E-state index in [1.54, 1.807) is 0 Å². The Bertz CT molecular complexity index is 421. The summed E-state index contributed by atoms with van der Waals surface area (Å²) >= 11 is 0. The second kappa shape index (κ2) is 15.5. The Labute approximate surface area is 145 Å². The molecule has 0 bridgehead atoms. The smallest absolute Gasteiger partial charge is 0.372 e. The van der Waals surface area contributed by atoms with Crippen molar-refractivity contribution in [2.45, 2.75) is 19.8 Å². The molecule has 0 aromatic rings. The van der Waals surface area contributed by atoms with E-state index in [2.05, 4.69) is 4.74 Å². The maximum atomic E-state index is 11.2. The number of ketones is 1. The molecule has 0 aliphatic rings. The lowest BCUT2D eigenvalue weighted by Gasteiger charge is -2.07. The van der Waals surface area contributed by atoms with Crippen molar-refractivity contribution in [1.82, 2.24) is 0 Å². The summed E-state index contributed by atoms with van der Waals surface area (Å²) in [6.45, 7) is 3.41. The highest BCUT2D eigenvalue weighted by molar-refractivity contribution is 6.32. The first-order valence-corrected chi connectivity index (χ1v) is 7.71. The van der Waals surface area contributed by atoms with Gasteiger partial charge in [-0.05, 0) is 0 Å². The van der Waals surface area contributed by atoms with Crippen LogP contribution in [0.1, 0.15) is 19.8 Å². The van der Waals surface area contributed by atoms with Gasteiger partial charge in [0, 0.05) is 13.3 Å². The van der Waals surface area contributed by atoms with Crippen LogP contribution in [0.15, 0.2) is 0 Å². The number of esters is 2. The van der Waals surface area contributed by atoms with Crippen molar-refractivity contribution >= 4 is 23.7 Å². The van der Waals surface area contributed by atoms with Crippen molar-refractivity contribution in [1.29, 1.82) is 0 Å². The van der Waals surface area contributed by atoms with Gasteiger partial charge in [0.05, 0.1) is 46.1 Å². The first kappa shape index (κ1) is 23.0. The van der Waals surface area contributed by atoms with E-state index < -0.39 is 17.7 Å². The van der Waals surface area contributed by atoms with Crippen LogP contribution in [0, 0.1) is 0 Å². The fourth-order valence-corrected chi connectivity index (χ4v) is 1.40. The predicted molar refractivity (Wildman–Crippen MR) is 81.9 cm³/mol. The molecule has 25 heavy (non-hydrogen) atoms. The van der Waals surface area contributed by atoms with Crippen molar-refractivity contribution < 1.29 is 48.0 Å². The minimum Gasteiger partial charge on any atom is -0.476 e. The van der Waals surface area contributed by atoms with Gasteiger partial charge >= 0.3 is 17.9 Å². The van der Waals surface area contributed by atoms with Crippen LogP contribution >= 0.6 is 0 Å². The molecule has 0 fully saturated rings. The van der Waals surface area contributed by atoms with E-state index in [9.17, 15) is 19.2 Å². The molecule has 0 saturated carbocycles. The Balaban J connectivity index is 3.25. The number of rotatable bonds is 16. The van der Waals surface area contributed by atoms with Crippen LogP contribution in [0.25, 0.3) is 0 Å². The van der Waals surface area contributed by atoms with Crippen LogP contribution in [0.4, 0.5) is 0 Å². The average Bonchev–Trinajstić information content (AvgIpc) is 2.56. The first-order valence-electron chi connectivity index (χ1n) is 7.71. The standard InChI is InChI=1S/C15H24O10/c1-12(16)24-10-8-22-6-4-21-5-7-23-9-11-25-14(18)3-2-13(17)15(19)20/h2-11H2,1H3,(H,19,20). The Morgan fingerprint density at radius 1 is 0.680 bits per heavy atom. The van der Waals surface area contributed by atoms with E-state index in [0.29, 0.717) is 33.0 Å². The summed E-state index contributed by atoms with van der Waals surface area (Å²) in [6.07, 6.45) is -0.655. The molecule has 0 aromatic heterocycles. The molecule has 0 spiro atoms. The van der Waals surface area contributed by atoms with Crippen LogP contribution in [-0.2, 0) is 42.9 Å². The summed E-state index contributed by atoms with van der Waals surface area (Å²) in [6, 6.07) is 0. The number of aliphatic carboxylic acids is 1. The molecular formula is C15H24O10. The molecule has 0 rings (SSSR count). The van der Waals surface area contributed by atoms with Gasteiger partial charge in [-0.25, -0.2) is 4.79 Å². The van der Waals surface area contributed by atoms with Crippen LogP contribution in [0.5, 0.6) is 0 Å². The van der Waals surface area contributed by atoms with E-state index in [0.717, 1.165) is 0 Å². The van der Waals surface area contributed by atoms with Crippen molar-refractivity contribution in [3.63, 3.8) is 0 Å².